The van der Waals surface area contributed by atoms with E-state index in [-0.39, 0.29) is 5.82 Å². The molecule has 0 aromatic heterocycles. The fraction of sp³-hybridized carbons (Fsp3) is 0.625. The zero-order valence-electron chi connectivity index (χ0n) is 11.9. The fourth-order valence-corrected chi connectivity index (χ4v) is 3.10. The summed E-state index contributed by atoms with van der Waals surface area (Å²) in [5.74, 6) is -0.139. The van der Waals surface area contributed by atoms with E-state index in [1.54, 1.807) is 12.1 Å². The summed E-state index contributed by atoms with van der Waals surface area (Å²) < 4.78 is 18.9. The molecular formula is C16H23FN2O. The van der Waals surface area contributed by atoms with Crippen LogP contribution in [0.1, 0.15) is 18.4 Å². The summed E-state index contributed by atoms with van der Waals surface area (Å²) in [5.41, 5.74) is 1.07. The highest BCUT2D eigenvalue weighted by atomic mass is 19.1. The maximum Gasteiger partial charge on any atom is 0.123 e. The van der Waals surface area contributed by atoms with Gasteiger partial charge in [0.05, 0.1) is 6.10 Å². The first kappa shape index (κ1) is 14.0. The largest absolute Gasteiger partial charge is 0.377 e. The molecule has 2 aliphatic heterocycles. The molecule has 3 rings (SSSR count). The van der Waals surface area contributed by atoms with Gasteiger partial charge in [0.25, 0.3) is 0 Å². The SMILES string of the molecule is Fc1cccc(CN2CCN(CC3CCCO3)CC2)c1. The zero-order valence-corrected chi connectivity index (χ0v) is 11.9. The summed E-state index contributed by atoms with van der Waals surface area (Å²) >= 11 is 0. The van der Waals surface area contributed by atoms with Gasteiger partial charge in [-0.2, -0.15) is 0 Å². The Balaban J connectivity index is 1.43. The lowest BCUT2D eigenvalue weighted by molar-refractivity contribution is 0.0489. The van der Waals surface area contributed by atoms with Crippen molar-refractivity contribution in [3.63, 3.8) is 0 Å². The number of nitrogens with zero attached hydrogens (tertiary/aromatic N) is 2. The Morgan fingerprint density at radius 1 is 1.15 bits per heavy atom. The Bertz CT molecular complexity index is 426. The first-order valence-corrected chi connectivity index (χ1v) is 7.60. The second-order valence-electron chi connectivity index (χ2n) is 5.84. The summed E-state index contributed by atoms with van der Waals surface area (Å²) in [4.78, 5) is 4.90. The van der Waals surface area contributed by atoms with Gasteiger partial charge in [0, 0.05) is 45.9 Å². The lowest BCUT2D eigenvalue weighted by Crippen LogP contribution is -2.48. The highest BCUT2D eigenvalue weighted by molar-refractivity contribution is 5.16. The van der Waals surface area contributed by atoms with Crippen molar-refractivity contribution in [2.24, 2.45) is 0 Å². The first-order valence-electron chi connectivity index (χ1n) is 7.60. The molecule has 0 bridgehead atoms. The highest BCUT2D eigenvalue weighted by Crippen LogP contribution is 2.15. The number of hydrogen-bond acceptors (Lipinski definition) is 3. The van der Waals surface area contributed by atoms with Gasteiger partial charge in [-0.05, 0) is 30.5 Å². The van der Waals surface area contributed by atoms with E-state index in [1.165, 1.54) is 18.9 Å². The van der Waals surface area contributed by atoms with Crippen molar-refractivity contribution in [2.75, 3.05) is 39.3 Å². The third-order valence-electron chi connectivity index (χ3n) is 4.25. The van der Waals surface area contributed by atoms with Crippen molar-refractivity contribution in [1.82, 2.24) is 9.80 Å². The van der Waals surface area contributed by atoms with Crippen LogP contribution in [0.15, 0.2) is 24.3 Å². The minimum atomic E-state index is -0.139. The number of halogens is 1. The van der Waals surface area contributed by atoms with E-state index in [0.29, 0.717) is 6.10 Å². The Labute approximate surface area is 120 Å². The maximum absolute atomic E-state index is 13.2. The normalized spacial score (nSPS) is 25.1. The molecular weight excluding hydrogens is 255 g/mol. The molecule has 20 heavy (non-hydrogen) atoms. The molecule has 1 aromatic rings. The molecule has 2 heterocycles. The van der Waals surface area contributed by atoms with E-state index < -0.39 is 0 Å². The van der Waals surface area contributed by atoms with Gasteiger partial charge >= 0.3 is 0 Å². The van der Waals surface area contributed by atoms with E-state index >= 15 is 0 Å². The van der Waals surface area contributed by atoms with Crippen LogP contribution in [-0.2, 0) is 11.3 Å². The Morgan fingerprint density at radius 2 is 1.95 bits per heavy atom. The number of rotatable bonds is 4. The van der Waals surface area contributed by atoms with E-state index in [9.17, 15) is 4.39 Å². The molecule has 0 N–H and O–H groups in total. The van der Waals surface area contributed by atoms with Crippen LogP contribution in [0.3, 0.4) is 0 Å². The van der Waals surface area contributed by atoms with Gasteiger partial charge in [-0.3, -0.25) is 9.80 Å². The molecule has 1 aromatic carbocycles. The molecule has 0 saturated carbocycles. The molecule has 0 aliphatic carbocycles. The summed E-state index contributed by atoms with van der Waals surface area (Å²) in [6, 6.07) is 6.93. The van der Waals surface area contributed by atoms with E-state index in [2.05, 4.69) is 9.80 Å². The Hall–Kier alpha value is -0.970. The van der Waals surface area contributed by atoms with Gasteiger partial charge < -0.3 is 4.74 Å². The average molecular weight is 278 g/mol. The monoisotopic (exact) mass is 278 g/mol. The zero-order chi connectivity index (χ0) is 13.8. The third-order valence-corrected chi connectivity index (χ3v) is 4.25. The van der Waals surface area contributed by atoms with Crippen molar-refractivity contribution in [1.29, 1.82) is 0 Å². The van der Waals surface area contributed by atoms with Crippen LogP contribution >= 0.6 is 0 Å². The average Bonchev–Trinajstić information content (AvgIpc) is 2.94. The molecule has 0 amide bonds. The predicted molar refractivity (Wildman–Crippen MR) is 77.1 cm³/mol. The molecule has 1 atom stereocenters. The van der Waals surface area contributed by atoms with Crippen molar-refractivity contribution < 1.29 is 9.13 Å². The minimum absolute atomic E-state index is 0.139. The van der Waals surface area contributed by atoms with E-state index in [0.717, 1.165) is 51.4 Å². The lowest BCUT2D eigenvalue weighted by atomic mass is 10.2. The number of piperazine rings is 1. The van der Waals surface area contributed by atoms with Crippen LogP contribution in [0, 0.1) is 5.82 Å². The lowest BCUT2D eigenvalue weighted by Gasteiger charge is -2.35. The molecule has 2 fully saturated rings. The van der Waals surface area contributed by atoms with Crippen molar-refractivity contribution >= 4 is 0 Å². The Morgan fingerprint density at radius 3 is 2.65 bits per heavy atom. The standard InChI is InChI=1S/C16H23FN2O/c17-15-4-1-3-14(11-15)12-18-6-8-19(9-7-18)13-16-5-2-10-20-16/h1,3-4,11,16H,2,5-10,12-13H2. The summed E-state index contributed by atoms with van der Waals surface area (Å²) in [6.45, 7) is 7.17. The van der Waals surface area contributed by atoms with Crippen LogP contribution in [0.25, 0.3) is 0 Å². The van der Waals surface area contributed by atoms with Gasteiger partial charge in [0.2, 0.25) is 0 Å². The van der Waals surface area contributed by atoms with E-state index in [1.807, 2.05) is 6.07 Å². The summed E-state index contributed by atoms with van der Waals surface area (Å²) in [6.07, 6.45) is 2.87. The molecule has 2 saturated heterocycles. The van der Waals surface area contributed by atoms with Crippen LogP contribution in [0.5, 0.6) is 0 Å². The van der Waals surface area contributed by atoms with Gasteiger partial charge in [-0.15, -0.1) is 0 Å². The molecule has 110 valence electrons. The van der Waals surface area contributed by atoms with Crippen molar-refractivity contribution in [2.45, 2.75) is 25.5 Å². The molecule has 0 radical (unpaired) electrons. The molecule has 3 nitrogen and oxygen atoms in total. The summed E-state index contributed by atoms with van der Waals surface area (Å²) in [5, 5.41) is 0. The number of benzene rings is 1. The third kappa shape index (κ3) is 3.78. The number of ether oxygens (including phenoxy) is 1. The molecule has 4 heteroatoms. The smallest absolute Gasteiger partial charge is 0.123 e. The van der Waals surface area contributed by atoms with Gasteiger partial charge in [-0.25, -0.2) is 4.39 Å². The summed E-state index contributed by atoms with van der Waals surface area (Å²) in [7, 11) is 0. The molecule has 0 spiro atoms. The molecule has 2 aliphatic rings. The topological polar surface area (TPSA) is 15.7 Å². The fourth-order valence-electron chi connectivity index (χ4n) is 3.10. The van der Waals surface area contributed by atoms with Crippen LogP contribution in [0.4, 0.5) is 4.39 Å². The highest BCUT2D eigenvalue weighted by Gasteiger charge is 2.22. The van der Waals surface area contributed by atoms with E-state index in [4.69, 9.17) is 4.74 Å². The molecule has 1 unspecified atom stereocenters. The van der Waals surface area contributed by atoms with Crippen LogP contribution in [-0.4, -0.2) is 55.2 Å². The van der Waals surface area contributed by atoms with Gasteiger partial charge in [0.1, 0.15) is 5.82 Å². The second kappa shape index (κ2) is 6.66. The second-order valence-corrected chi connectivity index (χ2v) is 5.84. The quantitative estimate of drug-likeness (QED) is 0.839. The minimum Gasteiger partial charge on any atom is -0.377 e. The van der Waals surface area contributed by atoms with Crippen molar-refractivity contribution in [3.8, 4) is 0 Å². The van der Waals surface area contributed by atoms with Crippen LogP contribution in [0.2, 0.25) is 0 Å². The first-order chi connectivity index (χ1) is 9.79. The van der Waals surface area contributed by atoms with Crippen molar-refractivity contribution in [3.05, 3.63) is 35.6 Å². The Kier molecular flexibility index (Phi) is 4.65. The number of hydrogen-bond donors (Lipinski definition) is 0. The van der Waals surface area contributed by atoms with Gasteiger partial charge in [0.15, 0.2) is 0 Å². The maximum atomic E-state index is 13.2. The van der Waals surface area contributed by atoms with Crippen LogP contribution < -0.4 is 0 Å². The van der Waals surface area contributed by atoms with Gasteiger partial charge in [-0.1, -0.05) is 12.1 Å². The predicted octanol–water partition coefficient (Wildman–Crippen LogP) is 2.12.